The minimum Gasteiger partial charge on any atom is -0.353 e. The zero-order chi connectivity index (χ0) is 21.5. The van der Waals surface area contributed by atoms with Crippen LogP contribution in [-0.2, 0) is 9.59 Å². The van der Waals surface area contributed by atoms with Crippen molar-refractivity contribution in [2.24, 2.45) is 10.8 Å². The minimum atomic E-state index is -0.437. The van der Waals surface area contributed by atoms with E-state index >= 15 is 0 Å². The van der Waals surface area contributed by atoms with Gasteiger partial charge in [-0.25, -0.2) is 0 Å². The summed E-state index contributed by atoms with van der Waals surface area (Å²) in [6.07, 6.45) is 22.1. The van der Waals surface area contributed by atoms with Crippen molar-refractivity contribution in [3.63, 3.8) is 0 Å². The number of rotatable bonds is 0. The molecule has 3 heteroatoms. The third-order valence-electron chi connectivity index (χ3n) is 6.23. The van der Waals surface area contributed by atoms with Crippen molar-refractivity contribution in [2.45, 2.75) is 59.8 Å². The number of allylic oxidation sites excluding steroid dienone is 9. The second-order valence-corrected chi connectivity index (χ2v) is 8.94. The van der Waals surface area contributed by atoms with E-state index in [0.717, 1.165) is 32.1 Å². The van der Waals surface area contributed by atoms with Crippen LogP contribution < -0.4 is 5.32 Å². The summed E-state index contributed by atoms with van der Waals surface area (Å²) in [5.41, 5.74) is 0.874. The van der Waals surface area contributed by atoms with Crippen molar-refractivity contribution in [1.29, 1.82) is 0 Å². The Labute approximate surface area is 176 Å². The van der Waals surface area contributed by atoms with Crippen LogP contribution in [-0.4, -0.2) is 11.6 Å². The van der Waals surface area contributed by atoms with Gasteiger partial charge in [-0.3, -0.25) is 9.59 Å². The Kier molecular flexibility index (Phi) is 7.78. The molecule has 29 heavy (non-hydrogen) atoms. The number of hydrogen-bond acceptors (Lipinski definition) is 3. The highest BCUT2D eigenvalue weighted by Gasteiger charge is 2.43. The highest BCUT2D eigenvalue weighted by Crippen LogP contribution is 2.48. The molecule has 0 aromatic carbocycles. The first kappa shape index (κ1) is 22.9. The van der Waals surface area contributed by atoms with E-state index in [2.05, 4.69) is 64.2 Å². The molecule has 1 radical (unpaired) electrons. The van der Waals surface area contributed by atoms with Gasteiger partial charge in [0.15, 0.2) is 5.78 Å². The van der Waals surface area contributed by atoms with Crippen molar-refractivity contribution in [1.82, 2.24) is 5.32 Å². The molecule has 0 saturated carbocycles. The van der Waals surface area contributed by atoms with E-state index in [1.54, 1.807) is 6.08 Å². The van der Waals surface area contributed by atoms with Gasteiger partial charge >= 0.3 is 0 Å². The van der Waals surface area contributed by atoms with Gasteiger partial charge in [-0.2, -0.15) is 0 Å². The molecule has 0 saturated heterocycles. The van der Waals surface area contributed by atoms with Gasteiger partial charge in [0.25, 0.3) is 0 Å². The average molecular weight is 393 g/mol. The van der Waals surface area contributed by atoms with Crippen molar-refractivity contribution >= 4 is 11.6 Å². The van der Waals surface area contributed by atoms with Crippen LogP contribution in [0.3, 0.4) is 0 Å². The van der Waals surface area contributed by atoms with Gasteiger partial charge in [-0.1, -0.05) is 71.1 Å². The fourth-order valence-corrected chi connectivity index (χ4v) is 3.56. The third-order valence-corrected chi connectivity index (χ3v) is 6.23. The molecule has 0 amide bonds. The van der Waals surface area contributed by atoms with Crippen molar-refractivity contribution < 1.29 is 9.59 Å². The average Bonchev–Trinajstić information content (AvgIpc) is 2.64. The first-order valence-electron chi connectivity index (χ1n) is 10.5. The molecule has 2 aliphatic rings. The molecule has 0 aromatic heterocycles. The third kappa shape index (κ3) is 6.03. The molecule has 0 atom stereocenters. The van der Waals surface area contributed by atoms with Gasteiger partial charge in [-0.05, 0) is 55.1 Å². The Morgan fingerprint density at radius 3 is 2.48 bits per heavy atom. The van der Waals surface area contributed by atoms with Gasteiger partial charge in [0.1, 0.15) is 0 Å². The standard InChI is InChI=1S/C26H34NO2/c1-20-16-14-12-10-8-6-7-9-11-13-15-17-25(2,3)26(4,5)22-18-21(28)19-23(27-20)24(22)29/h6-7,9-10,12,14,16,18-19,27H,1,8,11,13,15,17H2,2-5H3/b9-7+,12-10+,16-14+. The number of hydrogen-bond donors (Lipinski definition) is 1. The quantitative estimate of drug-likeness (QED) is 0.519. The molecule has 1 aliphatic carbocycles. The van der Waals surface area contributed by atoms with Crippen molar-refractivity contribution in [2.75, 3.05) is 0 Å². The Hall–Kier alpha value is -2.42. The van der Waals surface area contributed by atoms with Gasteiger partial charge in [0.2, 0.25) is 5.78 Å². The predicted octanol–water partition coefficient (Wildman–Crippen LogP) is 5.94. The van der Waals surface area contributed by atoms with E-state index in [4.69, 9.17) is 0 Å². The maximum Gasteiger partial charge on any atom is 0.206 e. The SMILES string of the molecule is C=C1/C=C/C=C/C[CH]/C=C/CCCCC(C)(C)C(C)(C)C2=CC(=O)C=C(N1)C2=O. The van der Waals surface area contributed by atoms with Crippen LogP contribution in [0.2, 0.25) is 0 Å². The summed E-state index contributed by atoms with van der Waals surface area (Å²) in [7, 11) is 0. The van der Waals surface area contributed by atoms with Crippen LogP contribution >= 0.6 is 0 Å². The number of carbonyl (C=O) groups excluding carboxylic acids is 2. The predicted molar refractivity (Wildman–Crippen MR) is 121 cm³/mol. The van der Waals surface area contributed by atoms with Crippen LogP contribution in [0.4, 0.5) is 0 Å². The van der Waals surface area contributed by atoms with E-state index in [1.807, 2.05) is 12.2 Å². The highest BCUT2D eigenvalue weighted by atomic mass is 16.1. The van der Waals surface area contributed by atoms with Crippen LogP contribution in [0, 0.1) is 17.3 Å². The zero-order valence-corrected chi connectivity index (χ0v) is 18.3. The molecule has 155 valence electrons. The molecule has 2 bridgehead atoms. The summed E-state index contributed by atoms with van der Waals surface area (Å²) in [5, 5.41) is 3.02. The number of nitrogens with one attached hydrogen (secondary N) is 1. The summed E-state index contributed by atoms with van der Waals surface area (Å²) in [4.78, 5) is 25.6. The monoisotopic (exact) mass is 392 g/mol. The Bertz CT molecular complexity index is 801. The summed E-state index contributed by atoms with van der Waals surface area (Å²) < 4.78 is 0. The second-order valence-electron chi connectivity index (χ2n) is 8.94. The molecular formula is C26H34NO2. The molecule has 0 unspecified atom stereocenters. The largest absolute Gasteiger partial charge is 0.353 e. The Morgan fingerprint density at radius 2 is 1.72 bits per heavy atom. The zero-order valence-electron chi connectivity index (χ0n) is 18.3. The van der Waals surface area contributed by atoms with E-state index < -0.39 is 5.41 Å². The lowest BCUT2D eigenvalue weighted by Gasteiger charge is -2.44. The molecule has 0 fully saturated rings. The molecule has 1 N–H and O–H groups in total. The smallest absolute Gasteiger partial charge is 0.206 e. The second kappa shape index (κ2) is 9.87. The Morgan fingerprint density at radius 1 is 0.966 bits per heavy atom. The van der Waals surface area contributed by atoms with Gasteiger partial charge in [-0.15, -0.1) is 0 Å². The van der Waals surface area contributed by atoms with Crippen LogP contribution in [0.25, 0.3) is 0 Å². The fourth-order valence-electron chi connectivity index (χ4n) is 3.56. The van der Waals surface area contributed by atoms with Crippen LogP contribution in [0.15, 0.2) is 72.2 Å². The normalized spacial score (nSPS) is 26.7. The number of carbonyl (C=O) groups is 2. The van der Waals surface area contributed by atoms with E-state index in [1.165, 1.54) is 12.2 Å². The molecule has 2 rings (SSSR count). The first-order chi connectivity index (χ1) is 13.6. The molecule has 1 heterocycles. The lowest BCUT2D eigenvalue weighted by Crippen LogP contribution is -2.40. The number of Topliss-reactive ketones (excluding diaryl/α,β-unsaturated/α-hetero) is 1. The van der Waals surface area contributed by atoms with E-state index in [0.29, 0.717) is 17.0 Å². The summed E-state index contributed by atoms with van der Waals surface area (Å²) in [6.45, 7) is 12.5. The lowest BCUT2D eigenvalue weighted by molar-refractivity contribution is -0.117. The summed E-state index contributed by atoms with van der Waals surface area (Å²) in [5.74, 6) is -0.280. The molecule has 3 nitrogen and oxygen atoms in total. The van der Waals surface area contributed by atoms with Crippen molar-refractivity contribution in [3.05, 3.63) is 78.6 Å². The molecule has 0 aromatic rings. The maximum absolute atomic E-state index is 13.2. The van der Waals surface area contributed by atoms with Crippen molar-refractivity contribution in [3.8, 4) is 0 Å². The Balaban J connectivity index is 2.32. The fraction of sp³-hybridized carbons (Fsp3) is 0.423. The summed E-state index contributed by atoms with van der Waals surface area (Å²) >= 11 is 0. The van der Waals surface area contributed by atoms with E-state index in [9.17, 15) is 9.59 Å². The number of ketones is 2. The topological polar surface area (TPSA) is 46.2 Å². The highest BCUT2D eigenvalue weighted by molar-refractivity contribution is 6.20. The van der Waals surface area contributed by atoms with E-state index in [-0.39, 0.29) is 17.0 Å². The van der Waals surface area contributed by atoms with Gasteiger partial charge < -0.3 is 5.32 Å². The first-order valence-corrected chi connectivity index (χ1v) is 10.5. The minimum absolute atomic E-state index is 0.122. The maximum atomic E-state index is 13.2. The molecule has 1 aliphatic heterocycles. The van der Waals surface area contributed by atoms with Crippen LogP contribution in [0.1, 0.15) is 59.8 Å². The summed E-state index contributed by atoms with van der Waals surface area (Å²) in [6, 6.07) is 0. The van der Waals surface area contributed by atoms with Gasteiger partial charge in [0, 0.05) is 17.3 Å². The molecular weight excluding hydrogens is 358 g/mol. The lowest BCUT2D eigenvalue weighted by atomic mass is 9.60. The number of fused-ring (bicyclic) bond motifs is 2. The van der Waals surface area contributed by atoms with Crippen LogP contribution in [0.5, 0.6) is 0 Å². The van der Waals surface area contributed by atoms with Gasteiger partial charge in [0.05, 0.1) is 5.70 Å². The molecule has 0 spiro atoms.